The van der Waals surface area contributed by atoms with Crippen LogP contribution in [0.2, 0.25) is 0 Å². The van der Waals surface area contributed by atoms with E-state index in [4.69, 9.17) is 0 Å². The highest BCUT2D eigenvalue weighted by molar-refractivity contribution is 7.89. The molecule has 1 unspecified atom stereocenters. The maximum atomic E-state index is 12.7. The number of nitrogens with one attached hydrogen (secondary N) is 1. The Morgan fingerprint density at radius 2 is 2.14 bits per heavy atom. The first kappa shape index (κ1) is 18.1. The molecule has 0 saturated carbocycles. The molecular formula is C14H21ClN2O3S. The fourth-order valence-electron chi connectivity index (χ4n) is 2.58. The number of nitrogens with zero attached hydrogens (tertiary/aromatic N) is 1. The number of carbonyl (C=O) groups is 1. The molecule has 0 aliphatic carbocycles. The van der Waals surface area contributed by atoms with Crippen molar-refractivity contribution in [3.8, 4) is 0 Å². The van der Waals surface area contributed by atoms with Gasteiger partial charge in [0.15, 0.2) is 5.78 Å². The molecule has 0 amide bonds. The summed E-state index contributed by atoms with van der Waals surface area (Å²) in [7, 11) is -1.71. The van der Waals surface area contributed by atoms with Crippen molar-refractivity contribution in [2.45, 2.75) is 30.7 Å². The zero-order valence-corrected chi connectivity index (χ0v) is 13.8. The van der Waals surface area contributed by atoms with Crippen molar-refractivity contribution in [1.82, 2.24) is 9.62 Å². The summed E-state index contributed by atoms with van der Waals surface area (Å²) in [5.74, 6) is -0.129. The molecule has 118 valence electrons. The van der Waals surface area contributed by atoms with Crippen molar-refractivity contribution in [2.24, 2.45) is 0 Å². The standard InChI is InChI=1S/C14H20N2O3S.ClH/c1-11(17)12-5-3-7-14(9-12)20(18,19)16-8-4-6-13(16)10-15-2;/h3,5,7,9,13,15H,4,6,8,10H2,1-2H3;1H. The number of hydrogen-bond donors (Lipinski definition) is 1. The molecule has 5 nitrogen and oxygen atoms in total. The molecule has 0 aromatic heterocycles. The van der Waals surface area contributed by atoms with Crippen LogP contribution in [0.4, 0.5) is 0 Å². The molecular weight excluding hydrogens is 312 g/mol. The minimum atomic E-state index is -3.52. The average molecular weight is 333 g/mol. The molecule has 1 heterocycles. The first-order chi connectivity index (χ1) is 9.46. The van der Waals surface area contributed by atoms with Crippen LogP contribution in [0.25, 0.3) is 0 Å². The quantitative estimate of drug-likeness (QED) is 0.833. The van der Waals surface area contributed by atoms with Crippen LogP contribution in [0.3, 0.4) is 0 Å². The van der Waals surface area contributed by atoms with Gasteiger partial charge in [-0.3, -0.25) is 4.79 Å². The Balaban J connectivity index is 0.00000220. The van der Waals surface area contributed by atoms with E-state index in [9.17, 15) is 13.2 Å². The molecule has 1 atom stereocenters. The lowest BCUT2D eigenvalue weighted by molar-refractivity contribution is 0.101. The van der Waals surface area contributed by atoms with Crippen LogP contribution in [0, 0.1) is 0 Å². The van der Waals surface area contributed by atoms with Crippen LogP contribution >= 0.6 is 12.4 Å². The molecule has 0 bridgehead atoms. The third-order valence-electron chi connectivity index (χ3n) is 3.61. The first-order valence-corrected chi connectivity index (χ1v) is 8.18. The number of halogens is 1. The van der Waals surface area contributed by atoms with Gasteiger partial charge in [-0.05, 0) is 38.9 Å². The van der Waals surface area contributed by atoms with E-state index in [0.29, 0.717) is 18.7 Å². The molecule has 1 fully saturated rings. The number of rotatable bonds is 5. The normalized spacial score (nSPS) is 19.2. The zero-order valence-electron chi connectivity index (χ0n) is 12.2. The van der Waals surface area contributed by atoms with Gasteiger partial charge in [-0.25, -0.2) is 8.42 Å². The Morgan fingerprint density at radius 1 is 1.43 bits per heavy atom. The van der Waals surface area contributed by atoms with Crippen LogP contribution < -0.4 is 5.32 Å². The molecule has 0 radical (unpaired) electrons. The van der Waals surface area contributed by atoms with Gasteiger partial charge in [-0.2, -0.15) is 4.31 Å². The van der Waals surface area contributed by atoms with Gasteiger partial charge in [0.1, 0.15) is 0 Å². The van der Waals surface area contributed by atoms with Crippen molar-refractivity contribution in [2.75, 3.05) is 20.1 Å². The highest BCUT2D eigenvalue weighted by Crippen LogP contribution is 2.26. The Kier molecular flexibility index (Phi) is 6.34. The summed E-state index contributed by atoms with van der Waals surface area (Å²) >= 11 is 0. The van der Waals surface area contributed by atoms with E-state index in [1.54, 1.807) is 22.5 Å². The van der Waals surface area contributed by atoms with Gasteiger partial charge in [0, 0.05) is 24.7 Å². The molecule has 1 aliphatic rings. The van der Waals surface area contributed by atoms with Crippen LogP contribution in [0.15, 0.2) is 29.2 Å². The minimum absolute atomic E-state index is 0. The molecule has 7 heteroatoms. The number of hydrogen-bond acceptors (Lipinski definition) is 4. The molecule has 1 aliphatic heterocycles. The summed E-state index contributed by atoms with van der Waals surface area (Å²) in [4.78, 5) is 11.6. The molecule has 1 aromatic rings. The van der Waals surface area contributed by atoms with E-state index < -0.39 is 10.0 Å². The van der Waals surface area contributed by atoms with Crippen molar-refractivity contribution in [1.29, 1.82) is 0 Å². The molecule has 1 N–H and O–H groups in total. The average Bonchev–Trinajstić information content (AvgIpc) is 2.88. The zero-order chi connectivity index (χ0) is 14.8. The van der Waals surface area contributed by atoms with Gasteiger partial charge < -0.3 is 5.32 Å². The summed E-state index contributed by atoms with van der Waals surface area (Å²) in [6.07, 6.45) is 1.74. The second-order valence-corrected chi connectivity index (χ2v) is 6.94. The molecule has 2 rings (SSSR count). The molecule has 1 saturated heterocycles. The lowest BCUT2D eigenvalue weighted by atomic mass is 10.2. The third kappa shape index (κ3) is 3.83. The Morgan fingerprint density at radius 3 is 2.76 bits per heavy atom. The largest absolute Gasteiger partial charge is 0.318 e. The van der Waals surface area contributed by atoms with E-state index in [1.165, 1.54) is 13.0 Å². The monoisotopic (exact) mass is 332 g/mol. The second-order valence-electron chi connectivity index (χ2n) is 5.05. The first-order valence-electron chi connectivity index (χ1n) is 6.74. The highest BCUT2D eigenvalue weighted by atomic mass is 35.5. The number of benzene rings is 1. The Labute approximate surface area is 132 Å². The maximum absolute atomic E-state index is 12.7. The van der Waals surface area contributed by atoms with Gasteiger partial charge in [0.25, 0.3) is 0 Å². The summed E-state index contributed by atoms with van der Waals surface area (Å²) in [6, 6.07) is 6.26. The van der Waals surface area contributed by atoms with Crippen LogP contribution in [0.1, 0.15) is 30.1 Å². The smallest absolute Gasteiger partial charge is 0.243 e. The predicted octanol–water partition coefficient (Wildman–Crippen LogP) is 1.68. The second kappa shape index (κ2) is 7.35. The van der Waals surface area contributed by atoms with Crippen molar-refractivity contribution >= 4 is 28.2 Å². The number of likely N-dealkylation sites (N-methyl/N-ethyl adjacent to an activating group) is 1. The van der Waals surface area contributed by atoms with E-state index in [2.05, 4.69) is 5.32 Å². The highest BCUT2D eigenvalue weighted by Gasteiger charge is 2.34. The summed E-state index contributed by atoms with van der Waals surface area (Å²) in [6.45, 7) is 2.62. The van der Waals surface area contributed by atoms with Crippen LogP contribution in [0.5, 0.6) is 0 Å². The van der Waals surface area contributed by atoms with Crippen molar-refractivity contribution in [3.63, 3.8) is 0 Å². The SMILES string of the molecule is CNCC1CCCN1S(=O)(=O)c1cccc(C(C)=O)c1.Cl. The van der Waals surface area contributed by atoms with Gasteiger partial charge in [0.2, 0.25) is 10.0 Å². The van der Waals surface area contributed by atoms with Gasteiger partial charge in [-0.1, -0.05) is 12.1 Å². The van der Waals surface area contributed by atoms with Gasteiger partial charge in [-0.15, -0.1) is 12.4 Å². The minimum Gasteiger partial charge on any atom is -0.318 e. The fraction of sp³-hybridized carbons (Fsp3) is 0.500. The lowest BCUT2D eigenvalue weighted by Crippen LogP contribution is -2.40. The molecule has 1 aromatic carbocycles. The van der Waals surface area contributed by atoms with E-state index in [0.717, 1.165) is 12.8 Å². The number of carbonyl (C=O) groups excluding carboxylic acids is 1. The number of ketones is 1. The van der Waals surface area contributed by atoms with Crippen LogP contribution in [-0.2, 0) is 10.0 Å². The Bertz CT molecular complexity index is 604. The number of sulfonamides is 1. The van der Waals surface area contributed by atoms with E-state index in [-0.39, 0.29) is 29.1 Å². The third-order valence-corrected chi connectivity index (χ3v) is 5.56. The van der Waals surface area contributed by atoms with Crippen LogP contribution in [-0.4, -0.2) is 44.7 Å². The number of Topliss-reactive ketones (excluding diaryl/α,β-unsaturated/α-hetero) is 1. The Hall–Kier alpha value is -0.950. The lowest BCUT2D eigenvalue weighted by Gasteiger charge is -2.24. The summed E-state index contributed by atoms with van der Waals surface area (Å²) in [5.41, 5.74) is 0.426. The topological polar surface area (TPSA) is 66.5 Å². The molecule has 21 heavy (non-hydrogen) atoms. The van der Waals surface area contributed by atoms with Gasteiger partial charge >= 0.3 is 0 Å². The summed E-state index contributed by atoms with van der Waals surface area (Å²) < 4.78 is 26.9. The van der Waals surface area contributed by atoms with Crippen molar-refractivity contribution < 1.29 is 13.2 Å². The summed E-state index contributed by atoms with van der Waals surface area (Å²) in [5, 5.41) is 3.03. The van der Waals surface area contributed by atoms with E-state index >= 15 is 0 Å². The van der Waals surface area contributed by atoms with E-state index in [1.807, 2.05) is 7.05 Å². The fourth-order valence-corrected chi connectivity index (χ4v) is 4.32. The predicted molar refractivity (Wildman–Crippen MR) is 84.5 cm³/mol. The maximum Gasteiger partial charge on any atom is 0.243 e. The molecule has 0 spiro atoms. The van der Waals surface area contributed by atoms with Gasteiger partial charge in [0.05, 0.1) is 4.90 Å². The van der Waals surface area contributed by atoms with Crippen molar-refractivity contribution in [3.05, 3.63) is 29.8 Å².